The van der Waals surface area contributed by atoms with Gasteiger partial charge in [0, 0.05) is 22.3 Å². The van der Waals surface area contributed by atoms with E-state index >= 15 is 0 Å². The molecule has 1 rings (SSSR count). The second-order valence-electron chi connectivity index (χ2n) is 3.31. The van der Waals surface area contributed by atoms with Crippen LogP contribution in [0.4, 0.5) is 0 Å². The first-order valence-electron chi connectivity index (χ1n) is 4.60. The standard InChI is InChI=1S/C10H8Cl4O4/c11-7(15)3-1-2-4(8(12)16)6(10(14)18)5(3)9(13)17/h1-2,7-9,15-17H. The molecule has 0 radical (unpaired) electrons. The molecule has 18 heavy (non-hydrogen) atoms. The van der Waals surface area contributed by atoms with Crippen molar-refractivity contribution in [2.24, 2.45) is 0 Å². The Bertz CT molecular complexity index is 459. The zero-order valence-corrected chi connectivity index (χ0v) is 11.7. The second-order valence-corrected chi connectivity index (χ2v) is 4.90. The summed E-state index contributed by atoms with van der Waals surface area (Å²) in [6.45, 7) is 0. The lowest BCUT2D eigenvalue weighted by Gasteiger charge is -2.18. The lowest BCUT2D eigenvalue weighted by atomic mass is 9.97. The summed E-state index contributed by atoms with van der Waals surface area (Å²) in [6.07, 6.45) is 0. The van der Waals surface area contributed by atoms with Gasteiger partial charge in [-0.2, -0.15) is 0 Å². The molecule has 0 spiro atoms. The molecule has 0 saturated heterocycles. The molecule has 0 saturated carbocycles. The number of rotatable bonds is 4. The Morgan fingerprint density at radius 2 is 1.39 bits per heavy atom. The molecule has 1 aromatic carbocycles. The molecule has 0 heterocycles. The smallest absolute Gasteiger partial charge is 0.253 e. The first kappa shape index (κ1) is 16.0. The minimum absolute atomic E-state index is 0.00392. The van der Waals surface area contributed by atoms with Crippen LogP contribution < -0.4 is 0 Å². The van der Waals surface area contributed by atoms with Crippen molar-refractivity contribution >= 4 is 51.6 Å². The third kappa shape index (κ3) is 3.27. The van der Waals surface area contributed by atoms with E-state index in [2.05, 4.69) is 0 Å². The van der Waals surface area contributed by atoms with Gasteiger partial charge < -0.3 is 15.3 Å². The zero-order valence-electron chi connectivity index (χ0n) is 8.65. The summed E-state index contributed by atoms with van der Waals surface area (Å²) in [5.74, 6) is 0. The summed E-state index contributed by atoms with van der Waals surface area (Å²) in [6, 6.07) is 2.54. The molecule has 0 amide bonds. The Hall–Kier alpha value is -0.0700. The SMILES string of the molecule is O=C(Cl)c1c(C(O)Cl)ccc(C(O)Cl)c1C(O)Cl. The highest BCUT2D eigenvalue weighted by Gasteiger charge is 2.26. The summed E-state index contributed by atoms with van der Waals surface area (Å²) >= 11 is 21.9. The number of carbonyl (C=O) groups excluding carboxylic acids is 1. The highest BCUT2D eigenvalue weighted by Crippen LogP contribution is 2.36. The average Bonchev–Trinajstić information content (AvgIpc) is 2.26. The number of hydrogen-bond donors (Lipinski definition) is 3. The van der Waals surface area contributed by atoms with Crippen LogP contribution in [0.5, 0.6) is 0 Å². The molecule has 0 aromatic heterocycles. The lowest BCUT2D eigenvalue weighted by molar-refractivity contribution is 0.107. The van der Waals surface area contributed by atoms with Gasteiger partial charge in [0.1, 0.15) is 0 Å². The number of alkyl halides is 3. The van der Waals surface area contributed by atoms with Crippen LogP contribution in [-0.4, -0.2) is 20.6 Å². The van der Waals surface area contributed by atoms with Crippen LogP contribution in [0.2, 0.25) is 0 Å². The van der Waals surface area contributed by atoms with Crippen molar-refractivity contribution in [2.45, 2.75) is 16.7 Å². The van der Waals surface area contributed by atoms with Gasteiger partial charge in [-0.25, -0.2) is 0 Å². The Morgan fingerprint density at radius 1 is 0.944 bits per heavy atom. The van der Waals surface area contributed by atoms with Crippen molar-refractivity contribution in [3.05, 3.63) is 34.4 Å². The van der Waals surface area contributed by atoms with E-state index in [9.17, 15) is 20.1 Å². The Morgan fingerprint density at radius 3 is 1.72 bits per heavy atom. The molecule has 3 atom stereocenters. The Kier molecular flexibility index (Phi) is 5.67. The molecule has 3 N–H and O–H groups in total. The molecule has 0 aliphatic carbocycles. The minimum atomic E-state index is -1.64. The third-order valence-electron chi connectivity index (χ3n) is 2.26. The topological polar surface area (TPSA) is 77.8 Å². The molecule has 0 aliphatic rings. The van der Waals surface area contributed by atoms with Gasteiger partial charge in [-0.1, -0.05) is 46.9 Å². The Balaban J connectivity index is 3.65. The van der Waals surface area contributed by atoms with Crippen molar-refractivity contribution in [1.82, 2.24) is 0 Å². The molecular formula is C10H8Cl4O4. The van der Waals surface area contributed by atoms with Gasteiger partial charge in [-0.3, -0.25) is 4.79 Å². The van der Waals surface area contributed by atoms with E-state index in [0.29, 0.717) is 0 Å². The maximum absolute atomic E-state index is 11.4. The van der Waals surface area contributed by atoms with Crippen LogP contribution in [0.1, 0.15) is 43.7 Å². The van der Waals surface area contributed by atoms with Crippen molar-refractivity contribution < 1.29 is 20.1 Å². The molecule has 3 unspecified atom stereocenters. The fourth-order valence-corrected chi connectivity index (χ4v) is 2.35. The first-order valence-corrected chi connectivity index (χ1v) is 6.29. The van der Waals surface area contributed by atoms with Gasteiger partial charge in [-0.05, 0) is 11.6 Å². The number of halogens is 4. The lowest BCUT2D eigenvalue weighted by Crippen LogP contribution is -2.11. The van der Waals surface area contributed by atoms with Gasteiger partial charge >= 0.3 is 0 Å². The van der Waals surface area contributed by atoms with E-state index in [1.807, 2.05) is 0 Å². The second kappa shape index (κ2) is 6.39. The number of benzene rings is 1. The zero-order chi connectivity index (χ0) is 14.0. The fraction of sp³-hybridized carbons (Fsp3) is 0.300. The number of hydrogen-bond acceptors (Lipinski definition) is 4. The van der Waals surface area contributed by atoms with E-state index < -0.39 is 21.9 Å². The number of aliphatic hydroxyl groups excluding tert-OH is 3. The average molecular weight is 334 g/mol. The van der Waals surface area contributed by atoms with Crippen LogP contribution in [0.15, 0.2) is 12.1 Å². The summed E-state index contributed by atoms with van der Waals surface area (Å²) in [4.78, 5) is 11.4. The minimum Gasteiger partial charge on any atom is -0.373 e. The molecule has 0 fully saturated rings. The molecule has 1 aromatic rings. The number of aliphatic hydroxyl groups is 3. The molecular weight excluding hydrogens is 326 g/mol. The van der Waals surface area contributed by atoms with E-state index in [4.69, 9.17) is 46.4 Å². The summed E-state index contributed by atoms with van der Waals surface area (Å²) in [5, 5.41) is 27.1. The predicted octanol–water partition coefficient (Wildman–Crippen LogP) is 2.75. The molecule has 0 bridgehead atoms. The maximum Gasteiger partial charge on any atom is 0.253 e. The summed E-state index contributed by atoms with van der Waals surface area (Å²) < 4.78 is 0. The fourth-order valence-electron chi connectivity index (χ4n) is 1.53. The first-order chi connectivity index (χ1) is 8.27. The predicted molar refractivity (Wildman–Crippen MR) is 69.1 cm³/mol. The van der Waals surface area contributed by atoms with Gasteiger partial charge in [-0.15, -0.1) is 0 Å². The Labute approximate surface area is 123 Å². The monoisotopic (exact) mass is 332 g/mol. The quantitative estimate of drug-likeness (QED) is 0.585. The van der Waals surface area contributed by atoms with E-state index in [0.717, 1.165) is 0 Å². The van der Waals surface area contributed by atoms with Crippen LogP contribution in [0.25, 0.3) is 0 Å². The van der Waals surface area contributed by atoms with Crippen LogP contribution in [0, 0.1) is 0 Å². The maximum atomic E-state index is 11.4. The number of carbonyl (C=O) groups is 1. The van der Waals surface area contributed by atoms with Crippen molar-refractivity contribution in [1.29, 1.82) is 0 Å². The van der Waals surface area contributed by atoms with Crippen molar-refractivity contribution in [3.63, 3.8) is 0 Å². The highest BCUT2D eigenvalue weighted by molar-refractivity contribution is 6.68. The molecule has 8 heteroatoms. The van der Waals surface area contributed by atoms with Crippen LogP contribution >= 0.6 is 46.4 Å². The molecule has 4 nitrogen and oxygen atoms in total. The van der Waals surface area contributed by atoms with E-state index in [1.54, 1.807) is 0 Å². The van der Waals surface area contributed by atoms with Gasteiger partial charge in [0.15, 0.2) is 16.7 Å². The van der Waals surface area contributed by atoms with Crippen LogP contribution in [-0.2, 0) is 0 Å². The van der Waals surface area contributed by atoms with Gasteiger partial charge in [0.2, 0.25) is 0 Å². The van der Waals surface area contributed by atoms with Gasteiger partial charge in [0.05, 0.1) is 0 Å². The van der Waals surface area contributed by atoms with Gasteiger partial charge in [0.25, 0.3) is 5.24 Å². The molecule has 0 aliphatic heterocycles. The summed E-state index contributed by atoms with van der Waals surface area (Å²) in [5.41, 5.74) is -5.14. The van der Waals surface area contributed by atoms with Crippen LogP contribution in [0.3, 0.4) is 0 Å². The third-order valence-corrected chi connectivity index (χ3v) is 3.14. The van der Waals surface area contributed by atoms with E-state index in [1.165, 1.54) is 12.1 Å². The normalized spacial score (nSPS) is 16.2. The summed E-state index contributed by atoms with van der Waals surface area (Å²) in [7, 11) is 0. The van der Waals surface area contributed by atoms with E-state index in [-0.39, 0.29) is 22.3 Å². The van der Waals surface area contributed by atoms with Crippen molar-refractivity contribution in [3.8, 4) is 0 Å². The highest BCUT2D eigenvalue weighted by atomic mass is 35.5. The largest absolute Gasteiger partial charge is 0.373 e. The van der Waals surface area contributed by atoms with Crippen molar-refractivity contribution in [2.75, 3.05) is 0 Å². The molecule has 100 valence electrons.